The Balaban J connectivity index is 0.000000179. The lowest BCUT2D eigenvalue weighted by molar-refractivity contribution is 0.0454. The molecule has 0 radical (unpaired) electrons. The highest BCUT2D eigenvalue weighted by atomic mass is 35.5. The summed E-state index contributed by atoms with van der Waals surface area (Å²) in [5, 5.41) is 21.9. The summed E-state index contributed by atoms with van der Waals surface area (Å²) in [6, 6.07) is 22.6. The Kier molecular flexibility index (Phi) is 18.7. The van der Waals surface area contributed by atoms with Gasteiger partial charge in [0.15, 0.2) is 0 Å². The molecule has 12 atom stereocenters. The van der Waals surface area contributed by atoms with Crippen molar-refractivity contribution in [3.8, 4) is 11.5 Å². The smallest absolute Gasteiger partial charge is 0.264 e. The van der Waals surface area contributed by atoms with Crippen LogP contribution in [0.15, 0.2) is 97.1 Å². The monoisotopic (exact) mass is 1260 g/mol. The molecule has 2 fully saturated rings. The Morgan fingerprint density at radius 1 is 0.605 bits per heavy atom. The van der Waals surface area contributed by atoms with Gasteiger partial charge in [0.25, 0.3) is 11.8 Å². The van der Waals surface area contributed by atoms with Crippen molar-refractivity contribution in [1.29, 1.82) is 0 Å². The number of ether oxygens (including phenoxy) is 4. The van der Waals surface area contributed by atoms with Crippen LogP contribution in [-0.2, 0) is 53.2 Å². The predicted octanol–water partition coefficient (Wildman–Crippen LogP) is 9.74. The van der Waals surface area contributed by atoms with Crippen LogP contribution >= 0.6 is 23.2 Å². The topological polar surface area (TPSA) is 210 Å². The summed E-state index contributed by atoms with van der Waals surface area (Å²) in [4.78, 5) is 31.6. The van der Waals surface area contributed by atoms with Crippen LogP contribution in [-0.4, -0.2) is 128 Å². The number of anilines is 2. The number of nitrogens with one attached hydrogen (secondary N) is 2. The first-order valence-corrected chi connectivity index (χ1v) is 34.5. The number of halogens is 2. The average molecular weight is 1260 g/mol. The summed E-state index contributed by atoms with van der Waals surface area (Å²) in [6.07, 6.45) is 16.8. The Hall–Kier alpha value is -5.18. The number of rotatable bonds is 4. The van der Waals surface area contributed by atoms with Gasteiger partial charge in [0.05, 0.1) is 50.0 Å². The first kappa shape index (κ1) is 62.4. The number of methoxy groups -OCH3 is 2. The molecule has 4 aromatic rings. The van der Waals surface area contributed by atoms with Crippen molar-refractivity contribution in [2.45, 2.75) is 124 Å². The van der Waals surface area contributed by atoms with E-state index in [1.54, 1.807) is 36.4 Å². The molecule has 0 aromatic heterocycles. The summed E-state index contributed by atoms with van der Waals surface area (Å²) < 4.78 is 81.9. The van der Waals surface area contributed by atoms with Crippen LogP contribution in [0.25, 0.3) is 0 Å². The molecule has 86 heavy (non-hydrogen) atoms. The molecule has 16 nitrogen and oxygen atoms in total. The minimum absolute atomic E-state index is 0.0502. The van der Waals surface area contributed by atoms with Crippen molar-refractivity contribution in [2.75, 3.05) is 76.6 Å². The zero-order chi connectivity index (χ0) is 60.7. The van der Waals surface area contributed by atoms with E-state index in [1.807, 2.05) is 50.3 Å². The molecule has 2 spiro atoms. The van der Waals surface area contributed by atoms with E-state index in [0.717, 1.165) is 85.6 Å². The van der Waals surface area contributed by atoms with Crippen molar-refractivity contribution in [2.24, 2.45) is 35.5 Å². The highest BCUT2D eigenvalue weighted by molar-refractivity contribution is 7.91. The molecule has 4 aliphatic carbocycles. The molecule has 4 aliphatic heterocycles. The molecule has 4 N–H and O–H groups in total. The van der Waals surface area contributed by atoms with E-state index in [9.17, 15) is 36.6 Å². The Morgan fingerprint density at radius 3 is 1.41 bits per heavy atom. The molecule has 12 rings (SSSR count). The molecule has 8 aliphatic rings. The SMILES string of the molecule is COC[C@@H]1[C@@H](C)C/C=C\[C@H](O)[C@@H]2CC[C@H]2CN2C[C@@]3(CCCc4cc(Cl)ccc43)COc3ccc(cc32)C(=O)NS1(=O)=O.COC[C@H]1[C@@H](C)C/C=C/[C@H](O)[C@@H]2CC[C@H]2CN2C[C@@]3(CCCc4cc(Cl)ccc43)COc3ccc(cc32)C(=O)NS1(=O)=O. The molecule has 464 valence electrons. The van der Waals surface area contributed by atoms with Gasteiger partial charge in [-0.05, 0) is 195 Å². The van der Waals surface area contributed by atoms with Crippen LogP contribution in [0.4, 0.5) is 11.4 Å². The Labute approximate surface area is 517 Å². The van der Waals surface area contributed by atoms with Gasteiger partial charge >= 0.3 is 0 Å². The first-order valence-electron chi connectivity index (χ1n) is 30.6. The van der Waals surface area contributed by atoms with Crippen molar-refractivity contribution >= 4 is 66.4 Å². The predicted molar refractivity (Wildman–Crippen MR) is 335 cm³/mol. The number of nitrogens with zero attached hydrogens (tertiary/aromatic N) is 2. The summed E-state index contributed by atoms with van der Waals surface area (Å²) in [6.45, 7) is 7.28. The fraction of sp³-hybridized carbons (Fsp3) is 0.545. The molecule has 0 unspecified atom stereocenters. The molecule has 2 saturated carbocycles. The lowest BCUT2D eigenvalue weighted by Gasteiger charge is -2.45. The number of fused-ring (bicyclic) bond motifs is 8. The van der Waals surface area contributed by atoms with E-state index < -0.39 is 54.6 Å². The van der Waals surface area contributed by atoms with Gasteiger partial charge in [-0.3, -0.25) is 9.59 Å². The lowest BCUT2D eigenvalue weighted by Crippen LogP contribution is -2.49. The molecule has 4 heterocycles. The number of carbonyl (C=O) groups excluding carboxylic acids is 2. The van der Waals surface area contributed by atoms with E-state index in [4.69, 9.17) is 42.1 Å². The number of hydrogen-bond donors (Lipinski definition) is 4. The molecule has 4 aromatic carbocycles. The minimum atomic E-state index is -4.06. The molecule has 2 amide bonds. The highest BCUT2D eigenvalue weighted by Gasteiger charge is 2.47. The van der Waals surface area contributed by atoms with Crippen molar-refractivity contribution in [3.63, 3.8) is 0 Å². The van der Waals surface area contributed by atoms with E-state index in [1.165, 1.54) is 36.5 Å². The third-order valence-electron chi connectivity index (χ3n) is 20.2. The number of allylic oxidation sites excluding steroid dienone is 2. The molecular formula is C66H82Cl2N4O12S2. The maximum Gasteiger partial charge on any atom is 0.264 e. The third kappa shape index (κ3) is 12.8. The maximum atomic E-state index is 13.5. The van der Waals surface area contributed by atoms with Gasteiger partial charge in [0, 0.05) is 72.4 Å². The van der Waals surface area contributed by atoms with Crippen molar-refractivity contribution in [1.82, 2.24) is 9.44 Å². The second-order valence-electron chi connectivity index (χ2n) is 25.8. The molecule has 20 heteroatoms. The first-order chi connectivity index (χ1) is 41.2. The summed E-state index contributed by atoms with van der Waals surface area (Å²) in [7, 11) is -5.22. The number of sulfonamides is 2. The summed E-state index contributed by atoms with van der Waals surface area (Å²) >= 11 is 12.8. The number of aliphatic hydroxyl groups excluding tert-OH is 2. The number of benzene rings is 4. The molecule has 4 bridgehead atoms. The van der Waals surface area contributed by atoms with Crippen molar-refractivity contribution in [3.05, 3.63) is 141 Å². The lowest BCUT2D eigenvalue weighted by atomic mass is 9.68. The van der Waals surface area contributed by atoms with Gasteiger partial charge in [0.2, 0.25) is 20.0 Å². The number of amides is 2. The summed E-state index contributed by atoms with van der Waals surface area (Å²) in [5.74, 6) is 0.0517. The second kappa shape index (κ2) is 25.7. The van der Waals surface area contributed by atoms with E-state index in [0.29, 0.717) is 63.7 Å². The zero-order valence-corrected chi connectivity index (χ0v) is 52.7. The van der Waals surface area contributed by atoms with Gasteiger partial charge in [-0.15, -0.1) is 0 Å². The van der Waals surface area contributed by atoms with Crippen LogP contribution in [0, 0.1) is 35.5 Å². The van der Waals surface area contributed by atoms with Crippen molar-refractivity contribution < 1.29 is 55.6 Å². The van der Waals surface area contributed by atoms with Gasteiger partial charge in [-0.25, -0.2) is 26.3 Å². The Morgan fingerprint density at radius 2 is 1.02 bits per heavy atom. The normalized spacial score (nSPS) is 32.8. The van der Waals surface area contributed by atoms with Crippen LogP contribution in [0.3, 0.4) is 0 Å². The second-order valence-corrected chi connectivity index (χ2v) is 30.5. The Bertz CT molecular complexity index is 3250. The van der Waals surface area contributed by atoms with Crippen LogP contribution in [0.5, 0.6) is 11.5 Å². The van der Waals surface area contributed by atoms with E-state index in [2.05, 4.69) is 43.5 Å². The van der Waals surface area contributed by atoms with Gasteiger partial charge < -0.3 is 39.0 Å². The fourth-order valence-corrected chi connectivity index (χ4v) is 18.6. The summed E-state index contributed by atoms with van der Waals surface area (Å²) in [5.41, 5.74) is 6.49. The fourth-order valence-electron chi connectivity index (χ4n) is 15.0. The van der Waals surface area contributed by atoms with Crippen LogP contribution in [0.2, 0.25) is 10.0 Å². The quantitative estimate of drug-likeness (QED) is 0.140. The number of aryl methyl sites for hydroxylation is 2. The largest absolute Gasteiger partial charge is 0.490 e. The van der Waals surface area contributed by atoms with E-state index in [-0.39, 0.29) is 70.7 Å². The number of aliphatic hydroxyl groups is 2. The van der Waals surface area contributed by atoms with E-state index >= 15 is 0 Å². The molecular weight excluding hydrogens is 1180 g/mol. The zero-order valence-electron chi connectivity index (χ0n) is 49.6. The number of hydrogen-bond acceptors (Lipinski definition) is 14. The van der Waals surface area contributed by atoms with Gasteiger partial charge in [0.1, 0.15) is 22.0 Å². The minimum Gasteiger partial charge on any atom is -0.490 e. The van der Waals surface area contributed by atoms with Crippen LogP contribution in [0.1, 0.15) is 121 Å². The maximum absolute atomic E-state index is 13.5. The third-order valence-corrected chi connectivity index (χ3v) is 24.4. The standard InChI is InChI=1S/2C33H41ClN2O6S/c2*1-21-5-3-7-29(37)26-11-8-24(26)17-36-19-33(14-4-6-22-15-25(34)10-12-27(22)33)20-42-30-13-9-23(16-28(30)36)32(38)35-43(39,40)31(21)18-41-2/h2*3,7,9-10,12-13,15-16,21,24,26,29,31,37H,4-6,8,11,14,17-20H2,1-2H3,(H,35,38)/b7-3+;7-3-/t21-,24-,26+,29-,31-,33-;21-,24-,26+,29-,31+,33-/m00/s1. The van der Waals surface area contributed by atoms with Crippen LogP contribution < -0.4 is 28.7 Å². The van der Waals surface area contributed by atoms with Gasteiger partial charge in [-0.1, -0.05) is 73.5 Å². The number of carbonyl (C=O) groups is 2. The molecule has 0 saturated heterocycles. The van der Waals surface area contributed by atoms with Gasteiger partial charge in [-0.2, -0.15) is 0 Å². The average Bonchev–Trinajstić information content (AvgIpc) is 2.48. The highest BCUT2D eigenvalue weighted by Crippen LogP contribution is 2.49.